The summed E-state index contributed by atoms with van der Waals surface area (Å²) < 4.78 is 7.36. The number of rotatable bonds is 5. The number of carbonyl (C=O) groups excluding carboxylic acids is 1. The van der Waals surface area contributed by atoms with Crippen LogP contribution in [0.1, 0.15) is 31.4 Å². The summed E-state index contributed by atoms with van der Waals surface area (Å²) in [5.74, 6) is 0.963. The molecule has 0 saturated heterocycles. The van der Waals surface area contributed by atoms with Crippen molar-refractivity contribution in [1.29, 1.82) is 0 Å². The number of ether oxygens (including phenoxy) is 1. The van der Waals surface area contributed by atoms with Gasteiger partial charge in [-0.3, -0.25) is 9.48 Å². The van der Waals surface area contributed by atoms with Gasteiger partial charge in [0.1, 0.15) is 5.69 Å². The van der Waals surface area contributed by atoms with E-state index in [1.165, 1.54) is 0 Å². The fourth-order valence-electron chi connectivity index (χ4n) is 2.45. The van der Waals surface area contributed by atoms with E-state index in [-0.39, 0.29) is 5.78 Å². The third-order valence-electron chi connectivity index (χ3n) is 3.54. The van der Waals surface area contributed by atoms with Crippen molar-refractivity contribution in [3.8, 4) is 5.75 Å². The molecule has 1 heterocycles. The number of likely N-dealkylation sites (N-methyl/N-ethyl adjacent to an activating group) is 1. The van der Waals surface area contributed by atoms with Crippen LogP contribution in [0.5, 0.6) is 5.75 Å². The smallest absolute Gasteiger partial charge is 0.164 e. The van der Waals surface area contributed by atoms with Crippen LogP contribution in [-0.2, 0) is 11.3 Å². The van der Waals surface area contributed by atoms with E-state index in [2.05, 4.69) is 10.00 Å². The first-order valence-electron chi connectivity index (χ1n) is 7.10. The van der Waals surface area contributed by atoms with E-state index >= 15 is 0 Å². The van der Waals surface area contributed by atoms with E-state index in [1.807, 2.05) is 18.8 Å². The summed E-state index contributed by atoms with van der Waals surface area (Å²) in [5, 5.41) is 4.40. The Hall–Kier alpha value is -1.62. The van der Waals surface area contributed by atoms with Gasteiger partial charge in [0.15, 0.2) is 11.5 Å². The normalized spacial score (nSPS) is 16.2. The molecule has 0 unspecified atom stereocenters. The van der Waals surface area contributed by atoms with Crippen molar-refractivity contribution in [2.75, 3.05) is 27.7 Å². The number of hydrogen-bond donors (Lipinski definition) is 0. The molecule has 0 atom stereocenters. The summed E-state index contributed by atoms with van der Waals surface area (Å²) in [6, 6.07) is 0. The molecule has 0 N–H and O–H groups in total. The molecule has 5 heteroatoms. The molecule has 0 spiro atoms. The van der Waals surface area contributed by atoms with Crippen molar-refractivity contribution in [1.82, 2.24) is 14.7 Å². The second-order valence-electron chi connectivity index (χ2n) is 5.43. The van der Waals surface area contributed by atoms with E-state index in [9.17, 15) is 4.79 Å². The molecule has 1 aliphatic carbocycles. The standard InChI is InChI=1S/C15H23N3O2/c1-17(2)8-9-18-15(14(20-3)11-16-18)12-6-4-5-7-13(19)10-12/h10-11H,4-9H2,1-3H3. The maximum absolute atomic E-state index is 11.8. The number of allylic oxidation sites excluding steroid dienone is 2. The molecule has 0 radical (unpaired) electrons. The lowest BCUT2D eigenvalue weighted by Gasteiger charge is -2.14. The average Bonchev–Trinajstić information content (AvgIpc) is 2.71. The highest BCUT2D eigenvalue weighted by Crippen LogP contribution is 2.31. The summed E-state index contributed by atoms with van der Waals surface area (Å²) in [6.45, 7) is 1.69. The molecule has 0 amide bonds. The van der Waals surface area contributed by atoms with Crippen LogP contribution in [0.4, 0.5) is 0 Å². The number of nitrogens with zero attached hydrogens (tertiary/aromatic N) is 3. The van der Waals surface area contributed by atoms with Crippen LogP contribution in [0.25, 0.3) is 5.57 Å². The molecular formula is C15H23N3O2. The number of aromatic nitrogens is 2. The average molecular weight is 277 g/mol. The number of ketones is 1. The lowest BCUT2D eigenvalue weighted by Crippen LogP contribution is -2.20. The Morgan fingerprint density at radius 1 is 1.35 bits per heavy atom. The highest BCUT2D eigenvalue weighted by atomic mass is 16.5. The van der Waals surface area contributed by atoms with Crippen LogP contribution >= 0.6 is 0 Å². The largest absolute Gasteiger partial charge is 0.493 e. The van der Waals surface area contributed by atoms with Gasteiger partial charge in [-0.15, -0.1) is 0 Å². The van der Waals surface area contributed by atoms with Crippen molar-refractivity contribution in [3.63, 3.8) is 0 Å². The molecule has 5 nitrogen and oxygen atoms in total. The lowest BCUT2D eigenvalue weighted by molar-refractivity contribution is -0.114. The van der Waals surface area contributed by atoms with Gasteiger partial charge in [0.25, 0.3) is 0 Å². The second kappa shape index (κ2) is 6.70. The van der Waals surface area contributed by atoms with Gasteiger partial charge in [0.2, 0.25) is 0 Å². The minimum absolute atomic E-state index is 0.208. The fourth-order valence-corrected chi connectivity index (χ4v) is 2.45. The van der Waals surface area contributed by atoms with E-state index in [0.29, 0.717) is 6.42 Å². The van der Waals surface area contributed by atoms with Crippen LogP contribution in [0.15, 0.2) is 12.3 Å². The number of carbonyl (C=O) groups is 1. The van der Waals surface area contributed by atoms with Gasteiger partial charge < -0.3 is 9.64 Å². The van der Waals surface area contributed by atoms with E-state index < -0.39 is 0 Å². The predicted octanol–water partition coefficient (Wildman–Crippen LogP) is 1.98. The van der Waals surface area contributed by atoms with Gasteiger partial charge in [-0.2, -0.15) is 5.10 Å². The summed E-state index contributed by atoms with van der Waals surface area (Å²) in [4.78, 5) is 13.9. The Morgan fingerprint density at radius 2 is 2.10 bits per heavy atom. The molecule has 2 rings (SSSR count). The second-order valence-corrected chi connectivity index (χ2v) is 5.43. The van der Waals surface area contributed by atoms with Crippen molar-refractivity contribution in [2.45, 2.75) is 32.2 Å². The first-order valence-corrected chi connectivity index (χ1v) is 7.10. The summed E-state index contributed by atoms with van der Waals surface area (Å²) in [6.07, 6.45) is 7.08. The maximum atomic E-state index is 11.8. The summed E-state index contributed by atoms with van der Waals surface area (Å²) in [7, 11) is 5.72. The first kappa shape index (κ1) is 14.8. The fraction of sp³-hybridized carbons (Fsp3) is 0.600. The molecule has 110 valence electrons. The van der Waals surface area contributed by atoms with E-state index in [0.717, 1.165) is 49.4 Å². The monoisotopic (exact) mass is 277 g/mol. The highest BCUT2D eigenvalue weighted by molar-refractivity contribution is 5.97. The van der Waals surface area contributed by atoms with Gasteiger partial charge in [0.05, 0.1) is 19.9 Å². The van der Waals surface area contributed by atoms with Crippen LogP contribution in [0.3, 0.4) is 0 Å². The Morgan fingerprint density at radius 3 is 2.80 bits per heavy atom. The third-order valence-corrected chi connectivity index (χ3v) is 3.54. The molecule has 0 fully saturated rings. The minimum Gasteiger partial charge on any atom is -0.493 e. The van der Waals surface area contributed by atoms with Crippen molar-refractivity contribution in [2.24, 2.45) is 0 Å². The van der Waals surface area contributed by atoms with Crippen LogP contribution in [0.2, 0.25) is 0 Å². The highest BCUT2D eigenvalue weighted by Gasteiger charge is 2.19. The molecule has 20 heavy (non-hydrogen) atoms. The lowest BCUT2D eigenvalue weighted by atomic mass is 10.1. The molecule has 0 saturated carbocycles. The van der Waals surface area contributed by atoms with Gasteiger partial charge in [-0.1, -0.05) is 0 Å². The zero-order valence-electron chi connectivity index (χ0n) is 12.6. The molecule has 1 aromatic rings. The zero-order valence-corrected chi connectivity index (χ0v) is 12.6. The summed E-state index contributed by atoms with van der Waals surface area (Å²) in [5.41, 5.74) is 2.02. The predicted molar refractivity (Wildman–Crippen MR) is 78.8 cm³/mol. The quantitative estimate of drug-likeness (QED) is 0.825. The maximum Gasteiger partial charge on any atom is 0.164 e. The SMILES string of the molecule is COc1cnn(CCN(C)C)c1C1=CC(=O)CCCC1. The Balaban J connectivity index is 2.32. The molecule has 1 aliphatic rings. The van der Waals surface area contributed by atoms with Gasteiger partial charge >= 0.3 is 0 Å². The van der Waals surface area contributed by atoms with Gasteiger partial charge in [-0.25, -0.2) is 0 Å². The van der Waals surface area contributed by atoms with Crippen molar-refractivity contribution >= 4 is 11.4 Å². The third kappa shape index (κ3) is 3.48. The van der Waals surface area contributed by atoms with Crippen LogP contribution in [0, 0.1) is 0 Å². The molecule has 0 aliphatic heterocycles. The number of hydrogen-bond acceptors (Lipinski definition) is 4. The topological polar surface area (TPSA) is 47.4 Å². The first-order chi connectivity index (χ1) is 9.61. The molecule has 0 aromatic carbocycles. The van der Waals surface area contributed by atoms with Crippen molar-refractivity contribution < 1.29 is 9.53 Å². The molecule has 0 bridgehead atoms. The van der Waals surface area contributed by atoms with Crippen LogP contribution in [-0.4, -0.2) is 48.2 Å². The van der Waals surface area contributed by atoms with Gasteiger partial charge in [0, 0.05) is 13.0 Å². The Kier molecular flexibility index (Phi) is 4.95. The molecule has 1 aromatic heterocycles. The zero-order chi connectivity index (χ0) is 14.5. The minimum atomic E-state index is 0.208. The van der Waals surface area contributed by atoms with E-state index in [4.69, 9.17) is 4.74 Å². The Bertz CT molecular complexity index is 503. The Labute approximate surface area is 120 Å². The summed E-state index contributed by atoms with van der Waals surface area (Å²) >= 11 is 0. The van der Waals surface area contributed by atoms with Gasteiger partial charge in [-0.05, 0) is 45.0 Å². The number of methoxy groups -OCH3 is 1. The van der Waals surface area contributed by atoms with Crippen molar-refractivity contribution in [3.05, 3.63) is 18.0 Å². The molecular weight excluding hydrogens is 254 g/mol. The van der Waals surface area contributed by atoms with Crippen LogP contribution < -0.4 is 4.74 Å². The van der Waals surface area contributed by atoms with E-state index in [1.54, 1.807) is 19.4 Å².